The molecule has 0 saturated carbocycles. The predicted octanol–water partition coefficient (Wildman–Crippen LogP) is 11.5. The standard InChI is InChI=1S/C36H58N2O/c1-5-9-13-17-27-37(28-18-14-10-6-2)31-23-21-25-33-35(31)36-32(24-22-26-34(36)39-33)38(29-19-15-11-7-3)30-20-16-12-8-4/h21-26H,5-20,27-30H2,1-4H3. The van der Waals surface area contributed by atoms with Crippen molar-refractivity contribution in [1.29, 1.82) is 0 Å². The second kappa shape index (κ2) is 18.2. The van der Waals surface area contributed by atoms with Crippen LogP contribution < -0.4 is 9.80 Å². The molecule has 0 spiro atoms. The van der Waals surface area contributed by atoms with Gasteiger partial charge in [-0.2, -0.15) is 0 Å². The van der Waals surface area contributed by atoms with Crippen molar-refractivity contribution in [2.24, 2.45) is 0 Å². The number of rotatable bonds is 22. The minimum Gasteiger partial charge on any atom is -0.456 e. The summed E-state index contributed by atoms with van der Waals surface area (Å²) in [4.78, 5) is 5.37. The zero-order chi connectivity index (χ0) is 27.7. The number of benzene rings is 2. The van der Waals surface area contributed by atoms with E-state index in [-0.39, 0.29) is 0 Å². The minimum absolute atomic E-state index is 1.04. The van der Waals surface area contributed by atoms with Crippen molar-refractivity contribution >= 4 is 33.3 Å². The maximum absolute atomic E-state index is 6.55. The average molecular weight is 535 g/mol. The van der Waals surface area contributed by atoms with E-state index >= 15 is 0 Å². The van der Waals surface area contributed by atoms with E-state index < -0.39 is 0 Å². The summed E-state index contributed by atoms with van der Waals surface area (Å²) < 4.78 is 6.55. The molecule has 0 amide bonds. The van der Waals surface area contributed by atoms with Crippen LogP contribution in [-0.2, 0) is 0 Å². The molecule has 0 fully saturated rings. The van der Waals surface area contributed by atoms with Gasteiger partial charge < -0.3 is 14.2 Å². The van der Waals surface area contributed by atoms with Gasteiger partial charge in [0.05, 0.1) is 10.8 Å². The molecule has 2 aromatic carbocycles. The maximum atomic E-state index is 6.55. The summed E-state index contributed by atoms with van der Waals surface area (Å²) >= 11 is 0. The smallest absolute Gasteiger partial charge is 0.137 e. The summed E-state index contributed by atoms with van der Waals surface area (Å²) in [6, 6.07) is 13.5. The number of anilines is 2. The molecule has 0 unspecified atom stereocenters. The van der Waals surface area contributed by atoms with Crippen molar-refractivity contribution in [3.8, 4) is 0 Å². The Hall–Kier alpha value is -2.16. The van der Waals surface area contributed by atoms with Gasteiger partial charge in [-0.15, -0.1) is 0 Å². The minimum atomic E-state index is 1.04. The summed E-state index contributed by atoms with van der Waals surface area (Å²) in [5.74, 6) is 0. The Bertz CT molecular complexity index is 949. The highest BCUT2D eigenvalue weighted by Crippen LogP contribution is 2.41. The van der Waals surface area contributed by atoms with Gasteiger partial charge in [-0.05, 0) is 49.9 Å². The molecule has 0 radical (unpaired) electrons. The van der Waals surface area contributed by atoms with E-state index in [9.17, 15) is 0 Å². The van der Waals surface area contributed by atoms with Crippen molar-refractivity contribution in [3.05, 3.63) is 36.4 Å². The predicted molar refractivity (Wildman–Crippen MR) is 175 cm³/mol. The molecule has 0 aliphatic heterocycles. The molecule has 1 aromatic heterocycles. The molecule has 3 aromatic rings. The molecule has 0 N–H and O–H groups in total. The number of fused-ring (bicyclic) bond motifs is 3. The molecule has 0 aliphatic carbocycles. The molecule has 1 heterocycles. The first-order valence-electron chi connectivity index (χ1n) is 16.7. The highest BCUT2D eigenvalue weighted by atomic mass is 16.3. The number of nitrogens with zero attached hydrogens (tertiary/aromatic N) is 2. The van der Waals surface area contributed by atoms with Gasteiger partial charge in [0.25, 0.3) is 0 Å². The van der Waals surface area contributed by atoms with Crippen molar-refractivity contribution in [2.75, 3.05) is 36.0 Å². The number of hydrogen-bond donors (Lipinski definition) is 0. The van der Waals surface area contributed by atoms with Crippen LogP contribution in [0.15, 0.2) is 40.8 Å². The van der Waals surface area contributed by atoms with Gasteiger partial charge >= 0.3 is 0 Å². The topological polar surface area (TPSA) is 19.6 Å². The van der Waals surface area contributed by atoms with E-state index in [1.165, 1.54) is 125 Å². The highest BCUT2D eigenvalue weighted by molar-refractivity contribution is 6.16. The second-order valence-corrected chi connectivity index (χ2v) is 11.6. The molecule has 0 atom stereocenters. The average Bonchev–Trinajstić information content (AvgIpc) is 3.35. The quantitative estimate of drug-likeness (QED) is 0.119. The highest BCUT2D eigenvalue weighted by Gasteiger charge is 2.20. The molecule has 39 heavy (non-hydrogen) atoms. The van der Waals surface area contributed by atoms with E-state index in [4.69, 9.17) is 4.42 Å². The SMILES string of the molecule is CCCCCCN(CCCCCC)c1cccc2oc3cccc(N(CCCCCC)CCCCCC)c3c12. The first kappa shape index (κ1) is 31.4. The van der Waals surface area contributed by atoms with Gasteiger partial charge in [-0.1, -0.05) is 117 Å². The lowest BCUT2D eigenvalue weighted by Crippen LogP contribution is -2.27. The summed E-state index contributed by atoms with van der Waals surface area (Å²) in [7, 11) is 0. The summed E-state index contributed by atoms with van der Waals surface area (Å²) in [5.41, 5.74) is 4.84. The monoisotopic (exact) mass is 534 g/mol. The Morgan fingerprint density at radius 1 is 0.436 bits per heavy atom. The fraction of sp³-hybridized carbons (Fsp3) is 0.667. The lowest BCUT2D eigenvalue weighted by molar-refractivity contribution is 0.609. The van der Waals surface area contributed by atoms with Gasteiger partial charge in [0, 0.05) is 37.6 Å². The van der Waals surface area contributed by atoms with E-state index in [1.807, 2.05) is 0 Å². The molecular weight excluding hydrogens is 476 g/mol. The Labute approximate surface area is 240 Å². The van der Waals surface area contributed by atoms with Crippen LogP contribution in [0.1, 0.15) is 130 Å². The molecule has 0 saturated heterocycles. The molecule has 3 heteroatoms. The third-order valence-electron chi connectivity index (χ3n) is 8.29. The van der Waals surface area contributed by atoms with Crippen molar-refractivity contribution in [2.45, 2.75) is 130 Å². The molecule has 0 aliphatic rings. The lowest BCUT2D eigenvalue weighted by atomic mass is 10.0. The van der Waals surface area contributed by atoms with Crippen molar-refractivity contribution in [1.82, 2.24) is 0 Å². The number of hydrogen-bond acceptors (Lipinski definition) is 3. The van der Waals surface area contributed by atoms with E-state index in [2.05, 4.69) is 73.9 Å². The van der Waals surface area contributed by atoms with E-state index in [1.54, 1.807) is 0 Å². The van der Waals surface area contributed by atoms with Crippen LogP contribution in [0, 0.1) is 0 Å². The molecule has 0 bridgehead atoms. The van der Waals surface area contributed by atoms with Gasteiger partial charge in [0.1, 0.15) is 11.2 Å². The first-order chi connectivity index (χ1) is 19.2. The zero-order valence-corrected chi connectivity index (χ0v) is 25.9. The molecule has 218 valence electrons. The Kier molecular flexibility index (Phi) is 14.7. The van der Waals surface area contributed by atoms with E-state index in [0.717, 1.165) is 37.3 Å². The van der Waals surface area contributed by atoms with E-state index in [0.29, 0.717) is 0 Å². The van der Waals surface area contributed by atoms with Gasteiger partial charge in [-0.3, -0.25) is 0 Å². The molecular formula is C36H58N2O. The third-order valence-corrected chi connectivity index (χ3v) is 8.29. The van der Waals surface area contributed by atoms with Crippen LogP contribution in [0.3, 0.4) is 0 Å². The van der Waals surface area contributed by atoms with Crippen LogP contribution in [0.5, 0.6) is 0 Å². The summed E-state index contributed by atoms with van der Waals surface area (Å²) in [5, 5.41) is 2.67. The maximum Gasteiger partial charge on any atom is 0.137 e. The third kappa shape index (κ3) is 9.47. The van der Waals surface area contributed by atoms with Gasteiger partial charge in [0.15, 0.2) is 0 Å². The Morgan fingerprint density at radius 3 is 1.08 bits per heavy atom. The van der Waals surface area contributed by atoms with Gasteiger partial charge in [0.2, 0.25) is 0 Å². The van der Waals surface area contributed by atoms with Crippen LogP contribution in [-0.4, -0.2) is 26.2 Å². The second-order valence-electron chi connectivity index (χ2n) is 11.6. The Morgan fingerprint density at radius 2 is 0.769 bits per heavy atom. The summed E-state index contributed by atoms with van der Waals surface area (Å²) in [6.07, 6.45) is 20.8. The molecule has 3 rings (SSSR count). The normalized spacial score (nSPS) is 11.6. The van der Waals surface area contributed by atoms with Crippen LogP contribution in [0.2, 0.25) is 0 Å². The fourth-order valence-electron chi connectivity index (χ4n) is 5.98. The summed E-state index contributed by atoms with van der Waals surface area (Å²) in [6.45, 7) is 13.8. The van der Waals surface area contributed by atoms with Crippen molar-refractivity contribution in [3.63, 3.8) is 0 Å². The Balaban J connectivity index is 2.00. The van der Waals surface area contributed by atoms with Crippen LogP contribution in [0.4, 0.5) is 11.4 Å². The largest absolute Gasteiger partial charge is 0.456 e. The lowest BCUT2D eigenvalue weighted by Gasteiger charge is -2.28. The first-order valence-corrected chi connectivity index (χ1v) is 16.7. The number of unbranched alkanes of at least 4 members (excludes halogenated alkanes) is 12. The number of furan rings is 1. The molecule has 3 nitrogen and oxygen atoms in total. The van der Waals surface area contributed by atoms with Crippen molar-refractivity contribution < 1.29 is 4.42 Å². The zero-order valence-electron chi connectivity index (χ0n) is 25.9. The van der Waals surface area contributed by atoms with Crippen LogP contribution >= 0.6 is 0 Å². The fourth-order valence-corrected chi connectivity index (χ4v) is 5.98. The van der Waals surface area contributed by atoms with Gasteiger partial charge in [-0.25, -0.2) is 0 Å². The van der Waals surface area contributed by atoms with Crippen LogP contribution in [0.25, 0.3) is 21.9 Å².